The van der Waals surface area contributed by atoms with E-state index in [1.807, 2.05) is 13.2 Å². The summed E-state index contributed by atoms with van der Waals surface area (Å²) in [5, 5.41) is 12.6. The van der Waals surface area contributed by atoms with Gasteiger partial charge in [-0.05, 0) is 0 Å². The van der Waals surface area contributed by atoms with Gasteiger partial charge in [-0.2, -0.15) is 5.10 Å². The molecule has 2 aromatic rings. The molecule has 0 aliphatic heterocycles. The third kappa shape index (κ3) is 1.82. The summed E-state index contributed by atoms with van der Waals surface area (Å²) in [5.74, 6) is 0.857. The van der Waals surface area contributed by atoms with Crippen LogP contribution in [0.1, 0.15) is 11.5 Å². The molecule has 0 aliphatic rings. The van der Waals surface area contributed by atoms with E-state index < -0.39 is 0 Å². The lowest BCUT2D eigenvalue weighted by molar-refractivity contribution is 0.589. The Balaban J connectivity index is 2.15. The molecule has 7 heteroatoms. The summed E-state index contributed by atoms with van der Waals surface area (Å²) in [4.78, 5) is 4.10. The predicted octanol–water partition coefficient (Wildman–Crippen LogP) is 0.350. The Kier molecular flexibility index (Phi) is 2.58. The number of alkyl halides is 1. The van der Waals surface area contributed by atoms with Crippen molar-refractivity contribution in [3.63, 3.8) is 0 Å². The maximum atomic E-state index is 4.10. The zero-order chi connectivity index (χ0) is 9.97. The van der Waals surface area contributed by atoms with Crippen LogP contribution in [0.25, 0.3) is 0 Å². The number of halogens is 1. The lowest BCUT2D eigenvalue weighted by Crippen LogP contribution is -2.07. The summed E-state index contributed by atoms with van der Waals surface area (Å²) in [5.41, 5.74) is 0.909. The normalized spacial score (nSPS) is 10.7. The van der Waals surface area contributed by atoms with Gasteiger partial charge in [0.15, 0.2) is 0 Å². The molecule has 0 N–H and O–H groups in total. The zero-order valence-electron chi connectivity index (χ0n) is 7.63. The van der Waals surface area contributed by atoms with Crippen LogP contribution < -0.4 is 0 Å². The third-order valence-corrected chi connectivity index (χ3v) is 2.41. The molecule has 0 aromatic carbocycles. The largest absolute Gasteiger partial charge is 0.251 e. The van der Waals surface area contributed by atoms with Gasteiger partial charge < -0.3 is 0 Å². The molecule has 14 heavy (non-hydrogen) atoms. The van der Waals surface area contributed by atoms with Gasteiger partial charge in [0.05, 0.1) is 5.69 Å². The number of aryl methyl sites for hydroxylation is 1. The summed E-state index contributed by atoms with van der Waals surface area (Å²) < 4.78 is 3.45. The molecule has 2 heterocycles. The Labute approximate surface area is 89.1 Å². The minimum Gasteiger partial charge on any atom is -0.251 e. The third-order valence-electron chi connectivity index (χ3n) is 1.83. The van der Waals surface area contributed by atoms with Crippen LogP contribution in [0.5, 0.6) is 0 Å². The number of hydrogen-bond acceptors (Lipinski definition) is 4. The highest BCUT2D eigenvalue weighted by Crippen LogP contribution is 2.01. The van der Waals surface area contributed by atoms with Crippen molar-refractivity contribution >= 4 is 15.9 Å². The van der Waals surface area contributed by atoms with Crippen LogP contribution in [0.4, 0.5) is 0 Å². The van der Waals surface area contributed by atoms with Crippen LogP contribution in [0.2, 0.25) is 0 Å². The average Bonchev–Trinajstić information content (AvgIpc) is 2.77. The fraction of sp³-hybridized carbons (Fsp3) is 0.429. The van der Waals surface area contributed by atoms with E-state index >= 15 is 0 Å². The van der Waals surface area contributed by atoms with E-state index in [1.165, 1.54) is 6.33 Å². The maximum absolute atomic E-state index is 4.10. The van der Waals surface area contributed by atoms with Crippen LogP contribution >= 0.6 is 15.9 Å². The average molecular weight is 257 g/mol. The van der Waals surface area contributed by atoms with Gasteiger partial charge in [0.1, 0.15) is 18.7 Å². The molecule has 0 unspecified atom stereocenters. The van der Waals surface area contributed by atoms with E-state index in [1.54, 1.807) is 9.36 Å². The molecule has 0 amide bonds. The summed E-state index contributed by atoms with van der Waals surface area (Å²) >= 11 is 3.31. The van der Waals surface area contributed by atoms with Crippen LogP contribution in [0, 0.1) is 0 Å². The monoisotopic (exact) mass is 256 g/mol. The maximum Gasteiger partial charge on any atom is 0.148 e. The zero-order valence-corrected chi connectivity index (χ0v) is 9.22. The van der Waals surface area contributed by atoms with Crippen LogP contribution in [-0.2, 0) is 18.9 Å². The molecule has 74 valence electrons. The smallest absolute Gasteiger partial charge is 0.148 e. The second-order valence-corrected chi connectivity index (χ2v) is 3.40. The van der Waals surface area contributed by atoms with Gasteiger partial charge >= 0.3 is 0 Å². The molecule has 0 atom stereocenters. The molecule has 0 fully saturated rings. The first-order chi connectivity index (χ1) is 6.79. The number of hydrogen-bond donors (Lipinski definition) is 0. The Bertz CT molecular complexity index is 419. The highest BCUT2D eigenvalue weighted by Gasteiger charge is 2.03. The second kappa shape index (κ2) is 3.87. The number of rotatable bonds is 3. The minimum atomic E-state index is 0.594. The Morgan fingerprint density at radius 3 is 2.93 bits per heavy atom. The molecule has 2 aromatic heterocycles. The van der Waals surface area contributed by atoms with Gasteiger partial charge in [0, 0.05) is 18.6 Å². The van der Waals surface area contributed by atoms with Crippen molar-refractivity contribution in [3.8, 4) is 0 Å². The Morgan fingerprint density at radius 2 is 2.36 bits per heavy atom. The predicted molar refractivity (Wildman–Crippen MR) is 52.8 cm³/mol. The number of aromatic nitrogens is 6. The van der Waals surface area contributed by atoms with Crippen molar-refractivity contribution in [3.05, 3.63) is 24.0 Å². The topological polar surface area (TPSA) is 61.4 Å². The Morgan fingerprint density at radius 1 is 1.50 bits per heavy atom. The molecule has 6 nitrogen and oxygen atoms in total. The summed E-state index contributed by atoms with van der Waals surface area (Å²) in [6.45, 7) is 0.594. The molecule has 0 bridgehead atoms. The quantitative estimate of drug-likeness (QED) is 0.744. The van der Waals surface area contributed by atoms with Crippen LogP contribution in [0.3, 0.4) is 0 Å². The van der Waals surface area contributed by atoms with Gasteiger partial charge in [0.2, 0.25) is 0 Å². The van der Waals surface area contributed by atoms with Crippen molar-refractivity contribution in [2.45, 2.75) is 11.9 Å². The fourth-order valence-corrected chi connectivity index (χ4v) is 1.34. The molecular formula is C7H9BrN6. The van der Waals surface area contributed by atoms with Gasteiger partial charge in [-0.15, -0.1) is 5.10 Å². The first kappa shape index (κ1) is 9.32. The van der Waals surface area contributed by atoms with E-state index in [4.69, 9.17) is 0 Å². The lowest BCUT2D eigenvalue weighted by Gasteiger charge is -1.98. The van der Waals surface area contributed by atoms with Gasteiger partial charge in [-0.1, -0.05) is 21.1 Å². The molecular weight excluding hydrogens is 248 g/mol. The van der Waals surface area contributed by atoms with Crippen molar-refractivity contribution in [2.24, 2.45) is 7.05 Å². The SMILES string of the molecule is Cn1ncnc1Cn1cc(CBr)nn1. The first-order valence-corrected chi connectivity index (χ1v) is 5.19. The Hall–Kier alpha value is -1.24. The van der Waals surface area contributed by atoms with Crippen molar-refractivity contribution in [1.29, 1.82) is 0 Å². The first-order valence-electron chi connectivity index (χ1n) is 4.07. The standard InChI is InChI=1S/C7H9BrN6/c1-13-7(9-5-10-13)4-14-3-6(2-8)11-12-14/h3,5H,2,4H2,1H3. The fourth-order valence-electron chi connectivity index (χ4n) is 1.09. The van der Waals surface area contributed by atoms with Crippen molar-refractivity contribution in [1.82, 2.24) is 29.8 Å². The van der Waals surface area contributed by atoms with Crippen molar-refractivity contribution in [2.75, 3.05) is 0 Å². The van der Waals surface area contributed by atoms with Gasteiger partial charge in [-0.25, -0.2) is 9.67 Å². The van der Waals surface area contributed by atoms with E-state index in [0.29, 0.717) is 11.9 Å². The second-order valence-electron chi connectivity index (χ2n) is 2.84. The molecule has 0 saturated carbocycles. The van der Waals surface area contributed by atoms with E-state index in [2.05, 4.69) is 36.3 Å². The number of nitrogens with zero attached hydrogens (tertiary/aromatic N) is 6. The molecule has 2 rings (SSSR count). The highest BCUT2D eigenvalue weighted by molar-refractivity contribution is 9.08. The summed E-state index contributed by atoms with van der Waals surface area (Å²) in [6, 6.07) is 0. The minimum absolute atomic E-state index is 0.594. The summed E-state index contributed by atoms with van der Waals surface area (Å²) in [7, 11) is 1.85. The van der Waals surface area contributed by atoms with Crippen LogP contribution in [-0.4, -0.2) is 29.8 Å². The molecule has 0 saturated heterocycles. The van der Waals surface area contributed by atoms with E-state index in [0.717, 1.165) is 11.5 Å². The van der Waals surface area contributed by atoms with Crippen LogP contribution in [0.15, 0.2) is 12.5 Å². The molecule has 0 radical (unpaired) electrons. The van der Waals surface area contributed by atoms with Crippen molar-refractivity contribution < 1.29 is 0 Å². The van der Waals surface area contributed by atoms with E-state index in [9.17, 15) is 0 Å². The molecule has 0 aliphatic carbocycles. The molecule has 0 spiro atoms. The van der Waals surface area contributed by atoms with Gasteiger partial charge in [-0.3, -0.25) is 4.68 Å². The highest BCUT2D eigenvalue weighted by atomic mass is 79.9. The summed E-state index contributed by atoms with van der Waals surface area (Å²) in [6.07, 6.45) is 3.40. The van der Waals surface area contributed by atoms with Gasteiger partial charge in [0.25, 0.3) is 0 Å². The van der Waals surface area contributed by atoms with E-state index in [-0.39, 0.29) is 0 Å². The lowest BCUT2D eigenvalue weighted by atomic mass is 10.5.